The highest BCUT2D eigenvalue weighted by Gasteiger charge is 2.56. The van der Waals surface area contributed by atoms with Crippen molar-refractivity contribution in [3.05, 3.63) is 0 Å². The summed E-state index contributed by atoms with van der Waals surface area (Å²) < 4.78 is 38.0. The molecule has 0 aliphatic rings. The van der Waals surface area contributed by atoms with Gasteiger partial charge in [-0.1, -0.05) is 6.92 Å². The first kappa shape index (κ1) is 27.5. The van der Waals surface area contributed by atoms with Gasteiger partial charge < -0.3 is 32.2 Å². The van der Waals surface area contributed by atoms with Gasteiger partial charge >= 0.3 is 26.7 Å². The van der Waals surface area contributed by atoms with Crippen LogP contribution in [-0.4, -0.2) is 79.2 Å². The zero-order valence-corrected chi connectivity index (χ0v) is 19.4. The second-order valence-corrected chi connectivity index (χ2v) is 8.63. The molecule has 11 heteroatoms. The number of hydrogen-bond donors (Lipinski definition) is 0. The normalized spacial score (nSPS) is 12.9. The van der Waals surface area contributed by atoms with Crippen molar-refractivity contribution in [2.45, 2.75) is 58.3 Å². The lowest BCUT2D eigenvalue weighted by atomic mass is 9.95. The molecule has 10 nitrogen and oxygen atoms in total. The Morgan fingerprint density at radius 1 is 0.759 bits per heavy atom. The van der Waals surface area contributed by atoms with E-state index in [4.69, 9.17) is 32.2 Å². The fourth-order valence-electron chi connectivity index (χ4n) is 2.82. The summed E-state index contributed by atoms with van der Waals surface area (Å²) in [6.45, 7) is 7.98. The highest BCUT2D eigenvalue weighted by atomic mass is 28.4. The molecular weight excluding hydrogens is 404 g/mol. The summed E-state index contributed by atoms with van der Waals surface area (Å²) in [5.41, 5.74) is -2.84. The summed E-state index contributed by atoms with van der Waals surface area (Å²) in [6.07, 6.45) is -0.791. The van der Waals surface area contributed by atoms with E-state index in [1.165, 1.54) is 14.2 Å². The van der Waals surface area contributed by atoms with Crippen LogP contribution in [0.15, 0.2) is 0 Å². The lowest BCUT2D eigenvalue weighted by Crippen LogP contribution is -2.61. The molecule has 0 aromatic rings. The van der Waals surface area contributed by atoms with E-state index < -0.39 is 50.9 Å². The Labute approximate surface area is 173 Å². The van der Waals surface area contributed by atoms with E-state index in [0.29, 0.717) is 6.42 Å². The molecule has 29 heavy (non-hydrogen) atoms. The smallest absolute Gasteiger partial charge is 0.469 e. The maximum Gasteiger partial charge on any atom is 0.531 e. The molecule has 0 fully saturated rings. The third-order valence-electron chi connectivity index (χ3n) is 4.04. The molecule has 0 aliphatic carbocycles. The highest BCUT2D eigenvalue weighted by molar-refractivity contribution is 6.62. The van der Waals surface area contributed by atoms with Crippen molar-refractivity contribution >= 4 is 26.7 Å². The lowest BCUT2D eigenvalue weighted by molar-refractivity contribution is -0.189. The molecule has 0 bridgehead atoms. The van der Waals surface area contributed by atoms with Crippen LogP contribution in [0.3, 0.4) is 0 Å². The fraction of sp³-hybridized carbons (Fsp3) is 0.833. The van der Waals surface area contributed by atoms with E-state index in [1.54, 1.807) is 27.7 Å². The second kappa shape index (κ2) is 13.6. The standard InChI is InChI=1S/C18H34O10Si/c1-8-16(29(25-9-2,26-10-3)27-11-4)28-18(17(21)24-7,12-14(19)22-5)13-15(20)23-6/h16H,8-13H2,1-7H3. The Morgan fingerprint density at radius 3 is 1.45 bits per heavy atom. The largest absolute Gasteiger partial charge is 0.531 e. The molecule has 0 aromatic heterocycles. The van der Waals surface area contributed by atoms with Gasteiger partial charge in [-0.05, 0) is 27.2 Å². The minimum absolute atomic E-state index is 0.283. The molecule has 0 aliphatic heterocycles. The second-order valence-electron chi connectivity index (χ2n) is 5.91. The zero-order chi connectivity index (χ0) is 22.5. The van der Waals surface area contributed by atoms with Gasteiger partial charge in [-0.3, -0.25) is 9.59 Å². The monoisotopic (exact) mass is 438 g/mol. The molecule has 170 valence electrons. The van der Waals surface area contributed by atoms with Gasteiger partial charge in [0, 0.05) is 19.8 Å². The number of carbonyl (C=O) groups is 3. The third-order valence-corrected chi connectivity index (χ3v) is 7.43. The van der Waals surface area contributed by atoms with E-state index in [9.17, 15) is 14.4 Å². The van der Waals surface area contributed by atoms with E-state index >= 15 is 0 Å². The quantitative estimate of drug-likeness (QED) is 0.211. The molecule has 0 rings (SSSR count). The van der Waals surface area contributed by atoms with Gasteiger partial charge in [0.25, 0.3) is 0 Å². The van der Waals surface area contributed by atoms with Crippen LogP contribution in [0.4, 0.5) is 0 Å². The number of rotatable bonds is 15. The maximum atomic E-state index is 12.7. The van der Waals surface area contributed by atoms with Crippen molar-refractivity contribution in [3.8, 4) is 0 Å². The van der Waals surface area contributed by atoms with Crippen LogP contribution in [0, 0.1) is 0 Å². The van der Waals surface area contributed by atoms with Crippen molar-refractivity contribution in [1.29, 1.82) is 0 Å². The average molecular weight is 439 g/mol. The fourth-order valence-corrected chi connectivity index (χ4v) is 5.70. The molecule has 0 heterocycles. The van der Waals surface area contributed by atoms with E-state index in [-0.39, 0.29) is 19.8 Å². The minimum Gasteiger partial charge on any atom is -0.469 e. The molecular formula is C18H34O10Si. The molecule has 0 saturated carbocycles. The lowest BCUT2D eigenvalue weighted by Gasteiger charge is -2.39. The molecule has 0 aromatic carbocycles. The van der Waals surface area contributed by atoms with Gasteiger partial charge in [0.05, 0.1) is 34.2 Å². The first-order valence-electron chi connectivity index (χ1n) is 9.56. The van der Waals surface area contributed by atoms with Crippen LogP contribution in [0.25, 0.3) is 0 Å². The van der Waals surface area contributed by atoms with E-state index in [0.717, 1.165) is 7.11 Å². The summed E-state index contributed by atoms with van der Waals surface area (Å²) in [5.74, 6) is -2.43. The number of ether oxygens (including phenoxy) is 4. The Morgan fingerprint density at radius 2 is 1.17 bits per heavy atom. The first-order chi connectivity index (χ1) is 13.7. The summed E-state index contributed by atoms with van der Waals surface area (Å²) in [6, 6.07) is 0. The van der Waals surface area contributed by atoms with Crippen LogP contribution in [-0.2, 0) is 46.6 Å². The number of hydrogen-bond acceptors (Lipinski definition) is 10. The van der Waals surface area contributed by atoms with Gasteiger partial charge in [-0.2, -0.15) is 0 Å². The number of methoxy groups -OCH3 is 3. The molecule has 0 N–H and O–H groups in total. The van der Waals surface area contributed by atoms with Crippen molar-refractivity contribution < 1.29 is 46.6 Å². The van der Waals surface area contributed by atoms with Gasteiger partial charge in [0.15, 0.2) is 5.60 Å². The Kier molecular flexibility index (Phi) is 12.9. The Bertz CT molecular complexity index is 490. The molecule has 0 spiro atoms. The van der Waals surface area contributed by atoms with Crippen LogP contribution < -0.4 is 0 Å². The van der Waals surface area contributed by atoms with Gasteiger partial charge in [-0.15, -0.1) is 0 Å². The van der Waals surface area contributed by atoms with E-state index in [1.807, 2.05) is 0 Å². The van der Waals surface area contributed by atoms with Gasteiger partial charge in [-0.25, -0.2) is 4.79 Å². The molecule has 1 unspecified atom stereocenters. The zero-order valence-electron chi connectivity index (χ0n) is 18.4. The number of carbonyl (C=O) groups excluding carboxylic acids is 3. The third kappa shape index (κ3) is 7.66. The van der Waals surface area contributed by atoms with Crippen LogP contribution in [0.2, 0.25) is 0 Å². The predicted octanol–water partition coefficient (Wildman–Crippen LogP) is 1.41. The van der Waals surface area contributed by atoms with Crippen molar-refractivity contribution in [2.75, 3.05) is 41.2 Å². The maximum absolute atomic E-state index is 12.7. The van der Waals surface area contributed by atoms with Crippen molar-refractivity contribution in [2.24, 2.45) is 0 Å². The molecule has 1 atom stereocenters. The van der Waals surface area contributed by atoms with Gasteiger partial charge in [0.1, 0.15) is 5.73 Å². The average Bonchev–Trinajstić information content (AvgIpc) is 2.71. The van der Waals surface area contributed by atoms with Crippen LogP contribution >= 0.6 is 0 Å². The van der Waals surface area contributed by atoms with Crippen LogP contribution in [0.1, 0.15) is 47.0 Å². The molecule has 0 saturated heterocycles. The summed E-state index contributed by atoms with van der Waals surface area (Å²) in [5, 5.41) is 0. The number of esters is 3. The summed E-state index contributed by atoms with van der Waals surface area (Å²) in [7, 11) is 0.0154. The molecule has 0 amide bonds. The van der Waals surface area contributed by atoms with Crippen molar-refractivity contribution in [1.82, 2.24) is 0 Å². The first-order valence-corrected chi connectivity index (χ1v) is 11.4. The van der Waals surface area contributed by atoms with Crippen molar-refractivity contribution in [3.63, 3.8) is 0 Å². The Hall–Kier alpha value is -1.53. The highest BCUT2D eigenvalue weighted by Crippen LogP contribution is 2.32. The van der Waals surface area contributed by atoms with E-state index in [2.05, 4.69) is 0 Å². The SMILES string of the molecule is CCO[Si](OCC)(OCC)C(CC)OC(CC(=O)OC)(CC(=O)OC)C(=O)OC. The Balaban J connectivity index is 6.31. The van der Waals surface area contributed by atoms with Gasteiger partial charge in [0.2, 0.25) is 0 Å². The predicted molar refractivity (Wildman–Crippen MR) is 104 cm³/mol. The minimum atomic E-state index is -3.45. The summed E-state index contributed by atoms with van der Waals surface area (Å²) >= 11 is 0. The topological polar surface area (TPSA) is 116 Å². The van der Waals surface area contributed by atoms with Crippen LogP contribution in [0.5, 0.6) is 0 Å². The summed E-state index contributed by atoms with van der Waals surface area (Å²) in [4.78, 5) is 36.9. The molecule has 0 radical (unpaired) electrons.